The third-order valence-corrected chi connectivity index (χ3v) is 13.7. The average molecular weight is 670 g/mol. The first kappa shape index (κ1) is 30.8. The summed E-state index contributed by atoms with van der Waals surface area (Å²) < 4.78 is 0. The fraction of sp³-hybridized carbons (Fsp3) is 0.0426. The summed E-state index contributed by atoms with van der Waals surface area (Å²) in [5.74, 6) is 1.98. The Morgan fingerprint density at radius 2 is 0.706 bits per heavy atom. The molecule has 1 aromatic heterocycles. The van der Waals surface area contributed by atoms with Gasteiger partial charge in [-0.25, -0.2) is 15.0 Å². The van der Waals surface area contributed by atoms with Crippen LogP contribution in [-0.4, -0.2) is 23.0 Å². The fourth-order valence-corrected chi connectivity index (χ4v) is 11.0. The van der Waals surface area contributed by atoms with Gasteiger partial charge >= 0.3 is 0 Å². The topological polar surface area (TPSA) is 38.7 Å². The van der Waals surface area contributed by atoms with Gasteiger partial charge in [0.1, 0.15) is 8.07 Å². The van der Waals surface area contributed by atoms with E-state index >= 15 is 0 Å². The average Bonchev–Trinajstić information content (AvgIpc) is 3.45. The van der Waals surface area contributed by atoms with E-state index < -0.39 is 8.07 Å². The van der Waals surface area contributed by atoms with Crippen molar-refractivity contribution in [3.63, 3.8) is 0 Å². The van der Waals surface area contributed by atoms with Crippen LogP contribution in [0.3, 0.4) is 0 Å². The van der Waals surface area contributed by atoms with E-state index in [2.05, 4.69) is 128 Å². The van der Waals surface area contributed by atoms with Gasteiger partial charge in [-0.15, -0.1) is 0 Å². The van der Waals surface area contributed by atoms with E-state index in [1.807, 2.05) is 60.7 Å². The zero-order valence-electron chi connectivity index (χ0n) is 28.6. The van der Waals surface area contributed by atoms with E-state index in [-0.39, 0.29) is 0 Å². The standard InChI is InChI=1S/C47H35N3Si/c1-51(2)43-22-10-9-19-41(43)42-21-12-20-40(44(42)51)34-27-23-32(24-28-34)38-17-11-18-39(31-38)33-25-29-37(30-26-33)47-49-45(35-13-5-3-6-14-35)48-46(50-47)36-15-7-4-8-16-36/h3-31H,1-2H3. The molecule has 0 unspecified atom stereocenters. The number of fused-ring (bicyclic) bond motifs is 3. The van der Waals surface area contributed by atoms with Gasteiger partial charge in [0.2, 0.25) is 0 Å². The molecule has 8 aromatic rings. The Balaban J connectivity index is 1.01. The minimum atomic E-state index is -1.81. The molecule has 9 rings (SSSR count). The van der Waals surface area contributed by atoms with Crippen molar-refractivity contribution in [1.82, 2.24) is 15.0 Å². The highest BCUT2D eigenvalue weighted by Crippen LogP contribution is 2.35. The first-order valence-electron chi connectivity index (χ1n) is 17.4. The van der Waals surface area contributed by atoms with E-state index in [1.54, 1.807) is 5.19 Å². The first-order chi connectivity index (χ1) is 25.0. The Morgan fingerprint density at radius 3 is 1.27 bits per heavy atom. The van der Waals surface area contributed by atoms with Gasteiger partial charge in [0.15, 0.2) is 17.5 Å². The van der Waals surface area contributed by atoms with Crippen LogP contribution >= 0.6 is 0 Å². The Labute approximate surface area is 300 Å². The SMILES string of the molecule is C[Si]1(C)c2ccccc2-c2cccc(-c3ccc(-c4cccc(-c5ccc(-c6nc(-c7ccccc7)nc(-c7ccccc7)n6)cc5)c4)cc3)c21. The second kappa shape index (κ2) is 12.6. The monoisotopic (exact) mass is 669 g/mol. The van der Waals surface area contributed by atoms with E-state index in [4.69, 9.17) is 15.0 Å². The van der Waals surface area contributed by atoms with E-state index in [0.717, 1.165) is 22.3 Å². The quantitative estimate of drug-likeness (QED) is 0.165. The van der Waals surface area contributed by atoms with Crippen LogP contribution in [-0.2, 0) is 0 Å². The number of aromatic nitrogens is 3. The Bertz CT molecular complexity index is 2470. The van der Waals surface area contributed by atoms with Crippen LogP contribution < -0.4 is 10.4 Å². The molecule has 0 N–H and O–H groups in total. The molecule has 0 atom stereocenters. The number of rotatable bonds is 6. The largest absolute Gasteiger partial charge is 0.208 e. The highest BCUT2D eigenvalue weighted by atomic mass is 28.3. The maximum absolute atomic E-state index is 4.90. The van der Waals surface area contributed by atoms with Gasteiger partial charge in [0.05, 0.1) is 0 Å². The van der Waals surface area contributed by atoms with Crippen LogP contribution in [0.4, 0.5) is 0 Å². The molecule has 0 amide bonds. The number of hydrogen-bond acceptors (Lipinski definition) is 3. The molecular weight excluding hydrogens is 635 g/mol. The highest BCUT2D eigenvalue weighted by Gasteiger charge is 2.39. The van der Waals surface area contributed by atoms with Gasteiger partial charge < -0.3 is 0 Å². The van der Waals surface area contributed by atoms with Crippen molar-refractivity contribution >= 4 is 18.4 Å². The number of nitrogens with zero attached hydrogens (tertiary/aromatic N) is 3. The fourth-order valence-electron chi connectivity index (χ4n) is 7.56. The maximum atomic E-state index is 4.90. The normalized spacial score (nSPS) is 12.7. The zero-order chi connectivity index (χ0) is 34.4. The lowest BCUT2D eigenvalue weighted by atomic mass is 9.95. The van der Waals surface area contributed by atoms with Gasteiger partial charge in [-0.3, -0.25) is 0 Å². The third kappa shape index (κ3) is 5.60. The van der Waals surface area contributed by atoms with Crippen LogP contribution in [0.1, 0.15) is 0 Å². The molecule has 0 radical (unpaired) electrons. The molecule has 7 aromatic carbocycles. The molecule has 0 spiro atoms. The summed E-state index contributed by atoms with van der Waals surface area (Å²) in [7, 11) is -1.81. The first-order valence-corrected chi connectivity index (χ1v) is 20.4. The van der Waals surface area contributed by atoms with Gasteiger partial charge in [-0.2, -0.15) is 0 Å². The summed E-state index contributed by atoms with van der Waals surface area (Å²) in [4.78, 5) is 14.6. The van der Waals surface area contributed by atoms with Crippen molar-refractivity contribution in [2.45, 2.75) is 13.1 Å². The molecule has 2 heterocycles. The summed E-state index contributed by atoms with van der Waals surface area (Å²) in [5, 5.41) is 3.09. The Kier molecular flexibility index (Phi) is 7.60. The summed E-state index contributed by atoms with van der Waals surface area (Å²) >= 11 is 0. The van der Waals surface area contributed by atoms with Crippen molar-refractivity contribution < 1.29 is 0 Å². The number of benzene rings is 7. The maximum Gasteiger partial charge on any atom is 0.164 e. The molecule has 0 fully saturated rings. The van der Waals surface area contributed by atoms with Gasteiger partial charge in [-0.05, 0) is 60.9 Å². The van der Waals surface area contributed by atoms with Crippen molar-refractivity contribution in [1.29, 1.82) is 0 Å². The predicted octanol–water partition coefficient (Wildman–Crippen LogP) is 10.7. The lowest BCUT2D eigenvalue weighted by Crippen LogP contribution is -2.50. The predicted molar refractivity (Wildman–Crippen MR) is 215 cm³/mol. The van der Waals surface area contributed by atoms with Crippen LogP contribution in [0, 0.1) is 0 Å². The minimum Gasteiger partial charge on any atom is -0.208 e. The molecule has 4 heteroatoms. The summed E-state index contributed by atoms with van der Waals surface area (Å²) in [6.07, 6.45) is 0. The van der Waals surface area contributed by atoms with Crippen molar-refractivity contribution in [2.24, 2.45) is 0 Å². The van der Waals surface area contributed by atoms with Gasteiger partial charge in [0, 0.05) is 16.7 Å². The van der Waals surface area contributed by atoms with E-state index in [0.29, 0.717) is 17.5 Å². The molecule has 1 aliphatic heterocycles. The van der Waals surface area contributed by atoms with Crippen molar-refractivity contribution in [3.8, 4) is 78.7 Å². The van der Waals surface area contributed by atoms with Gasteiger partial charge in [0.25, 0.3) is 0 Å². The summed E-state index contributed by atoms with van der Waals surface area (Å²) in [6, 6.07) is 62.4. The molecule has 242 valence electrons. The molecule has 0 aliphatic carbocycles. The highest BCUT2D eigenvalue weighted by molar-refractivity contribution is 7.04. The summed E-state index contributed by atoms with van der Waals surface area (Å²) in [5.41, 5.74) is 13.0. The van der Waals surface area contributed by atoms with Crippen LogP contribution in [0.15, 0.2) is 176 Å². The van der Waals surface area contributed by atoms with E-state index in [9.17, 15) is 0 Å². The van der Waals surface area contributed by atoms with Crippen LogP contribution in [0.2, 0.25) is 13.1 Å². The molecule has 1 aliphatic rings. The van der Waals surface area contributed by atoms with Crippen LogP contribution in [0.5, 0.6) is 0 Å². The Morgan fingerprint density at radius 1 is 0.314 bits per heavy atom. The van der Waals surface area contributed by atoms with Gasteiger partial charge in [-0.1, -0.05) is 183 Å². The minimum absolute atomic E-state index is 0.655. The zero-order valence-corrected chi connectivity index (χ0v) is 29.6. The van der Waals surface area contributed by atoms with E-state index in [1.165, 1.54) is 44.1 Å². The lowest BCUT2D eigenvalue weighted by Gasteiger charge is -2.22. The van der Waals surface area contributed by atoms with Crippen LogP contribution in [0.25, 0.3) is 78.7 Å². The second-order valence-electron chi connectivity index (χ2n) is 13.7. The second-order valence-corrected chi connectivity index (χ2v) is 18.0. The summed E-state index contributed by atoms with van der Waals surface area (Å²) in [6.45, 7) is 4.98. The Hall–Kier alpha value is -6.23. The molecule has 0 saturated carbocycles. The number of hydrogen-bond donors (Lipinski definition) is 0. The molecular formula is C47H35N3Si. The molecule has 51 heavy (non-hydrogen) atoms. The molecule has 0 bridgehead atoms. The van der Waals surface area contributed by atoms with Crippen molar-refractivity contribution in [2.75, 3.05) is 0 Å². The lowest BCUT2D eigenvalue weighted by molar-refractivity contribution is 1.07. The smallest absolute Gasteiger partial charge is 0.164 e. The van der Waals surface area contributed by atoms with Crippen molar-refractivity contribution in [3.05, 3.63) is 176 Å². The molecule has 0 saturated heterocycles. The molecule has 3 nitrogen and oxygen atoms in total. The third-order valence-electron chi connectivity index (χ3n) is 10.1.